The van der Waals surface area contributed by atoms with E-state index in [0.29, 0.717) is 6.61 Å². The molecule has 17 heavy (non-hydrogen) atoms. The number of carbonyl (C=O) groups is 1. The SMILES string of the molecule is CCOCCS(=O)(=O)N(CC)C(C)CC(=O)O. The molecule has 0 rings (SSSR count). The number of ether oxygens (including phenoxy) is 1. The first-order chi connectivity index (χ1) is 7.85. The molecule has 0 amide bonds. The van der Waals surface area contributed by atoms with Gasteiger partial charge in [-0.15, -0.1) is 0 Å². The van der Waals surface area contributed by atoms with Gasteiger partial charge in [-0.3, -0.25) is 4.79 Å². The Kier molecular flexibility index (Phi) is 7.33. The van der Waals surface area contributed by atoms with Gasteiger partial charge in [-0.05, 0) is 13.8 Å². The van der Waals surface area contributed by atoms with Crippen LogP contribution in [0.3, 0.4) is 0 Å². The molecule has 1 N–H and O–H groups in total. The Morgan fingerprint density at radius 2 is 2.00 bits per heavy atom. The fourth-order valence-corrected chi connectivity index (χ4v) is 3.14. The average molecular weight is 267 g/mol. The average Bonchev–Trinajstić information content (AvgIpc) is 2.16. The summed E-state index contributed by atoms with van der Waals surface area (Å²) in [6, 6.07) is -0.538. The molecule has 0 aromatic rings. The maximum Gasteiger partial charge on any atom is 0.304 e. The third kappa shape index (κ3) is 5.99. The van der Waals surface area contributed by atoms with E-state index in [9.17, 15) is 13.2 Å². The fraction of sp³-hybridized carbons (Fsp3) is 0.900. The Balaban J connectivity index is 4.56. The lowest BCUT2D eigenvalue weighted by molar-refractivity contribution is -0.137. The second-order valence-corrected chi connectivity index (χ2v) is 5.70. The van der Waals surface area contributed by atoms with E-state index in [1.807, 2.05) is 0 Å². The number of carboxylic acid groups (broad SMARTS) is 1. The Bertz CT molecular complexity index is 328. The number of rotatable bonds is 9. The van der Waals surface area contributed by atoms with Crippen LogP contribution in [0, 0.1) is 0 Å². The van der Waals surface area contributed by atoms with Crippen LogP contribution in [0.2, 0.25) is 0 Å². The van der Waals surface area contributed by atoms with E-state index in [0.717, 1.165) is 0 Å². The Labute approximate surface area is 103 Å². The summed E-state index contributed by atoms with van der Waals surface area (Å²) < 4.78 is 30.0. The number of carboxylic acids is 1. The van der Waals surface area contributed by atoms with Gasteiger partial charge in [0.15, 0.2) is 0 Å². The van der Waals surface area contributed by atoms with E-state index in [-0.39, 0.29) is 25.3 Å². The lowest BCUT2D eigenvalue weighted by Gasteiger charge is -2.26. The van der Waals surface area contributed by atoms with Gasteiger partial charge in [-0.2, -0.15) is 4.31 Å². The summed E-state index contributed by atoms with van der Waals surface area (Å²) >= 11 is 0. The molecular weight excluding hydrogens is 246 g/mol. The van der Waals surface area contributed by atoms with Crippen molar-refractivity contribution < 1.29 is 23.1 Å². The van der Waals surface area contributed by atoms with Gasteiger partial charge >= 0.3 is 5.97 Å². The van der Waals surface area contributed by atoms with E-state index >= 15 is 0 Å². The molecule has 0 spiro atoms. The number of hydrogen-bond acceptors (Lipinski definition) is 4. The van der Waals surface area contributed by atoms with Gasteiger partial charge in [-0.1, -0.05) is 6.92 Å². The molecule has 0 aliphatic carbocycles. The molecule has 0 aromatic heterocycles. The van der Waals surface area contributed by atoms with Crippen molar-refractivity contribution in [3.8, 4) is 0 Å². The van der Waals surface area contributed by atoms with Crippen molar-refractivity contribution >= 4 is 16.0 Å². The molecule has 0 aliphatic heterocycles. The van der Waals surface area contributed by atoms with Gasteiger partial charge in [0.1, 0.15) is 0 Å². The predicted octanol–water partition coefficient (Wildman–Crippen LogP) is 0.538. The van der Waals surface area contributed by atoms with Crippen molar-refractivity contribution in [2.75, 3.05) is 25.5 Å². The zero-order valence-corrected chi connectivity index (χ0v) is 11.4. The van der Waals surface area contributed by atoms with Gasteiger partial charge in [0.2, 0.25) is 10.0 Å². The number of aliphatic carboxylic acids is 1. The Morgan fingerprint density at radius 3 is 2.41 bits per heavy atom. The molecule has 0 bridgehead atoms. The molecule has 0 heterocycles. The Morgan fingerprint density at radius 1 is 1.41 bits per heavy atom. The van der Waals surface area contributed by atoms with Crippen molar-refractivity contribution in [1.29, 1.82) is 0 Å². The van der Waals surface area contributed by atoms with Crippen molar-refractivity contribution in [2.24, 2.45) is 0 Å². The van der Waals surface area contributed by atoms with E-state index < -0.39 is 22.0 Å². The summed E-state index contributed by atoms with van der Waals surface area (Å²) in [5, 5.41) is 8.66. The molecule has 7 heteroatoms. The highest BCUT2D eigenvalue weighted by Crippen LogP contribution is 2.10. The quantitative estimate of drug-likeness (QED) is 0.616. The van der Waals surface area contributed by atoms with Crippen LogP contribution >= 0.6 is 0 Å². The van der Waals surface area contributed by atoms with E-state index in [1.54, 1.807) is 20.8 Å². The molecule has 0 radical (unpaired) electrons. The van der Waals surface area contributed by atoms with Crippen LogP contribution in [0.1, 0.15) is 27.2 Å². The van der Waals surface area contributed by atoms with Crippen molar-refractivity contribution in [1.82, 2.24) is 4.31 Å². The van der Waals surface area contributed by atoms with Crippen LogP contribution in [0.25, 0.3) is 0 Å². The lowest BCUT2D eigenvalue weighted by Crippen LogP contribution is -2.41. The van der Waals surface area contributed by atoms with Gasteiger partial charge in [0.25, 0.3) is 0 Å². The maximum absolute atomic E-state index is 11.9. The van der Waals surface area contributed by atoms with Crippen LogP contribution in [0.15, 0.2) is 0 Å². The first-order valence-electron chi connectivity index (χ1n) is 5.64. The minimum Gasteiger partial charge on any atom is -0.481 e. The number of sulfonamides is 1. The van der Waals surface area contributed by atoms with Crippen molar-refractivity contribution in [3.63, 3.8) is 0 Å². The van der Waals surface area contributed by atoms with Crippen molar-refractivity contribution in [2.45, 2.75) is 33.2 Å². The number of nitrogens with zero attached hydrogens (tertiary/aromatic N) is 1. The van der Waals surface area contributed by atoms with Crippen molar-refractivity contribution in [3.05, 3.63) is 0 Å². The van der Waals surface area contributed by atoms with E-state index in [4.69, 9.17) is 9.84 Å². The first kappa shape index (κ1) is 16.3. The zero-order valence-electron chi connectivity index (χ0n) is 10.5. The van der Waals surface area contributed by atoms with Crippen LogP contribution in [-0.2, 0) is 19.6 Å². The molecule has 1 atom stereocenters. The van der Waals surface area contributed by atoms with Crippen LogP contribution in [0.4, 0.5) is 0 Å². The molecule has 6 nitrogen and oxygen atoms in total. The lowest BCUT2D eigenvalue weighted by atomic mass is 10.2. The molecule has 102 valence electrons. The fourth-order valence-electron chi connectivity index (χ4n) is 1.56. The Hall–Kier alpha value is -0.660. The van der Waals surface area contributed by atoms with Gasteiger partial charge in [0.05, 0.1) is 18.8 Å². The standard InChI is InChI=1S/C10H21NO5S/c1-4-11(9(3)8-10(12)13)17(14,15)7-6-16-5-2/h9H,4-8H2,1-3H3,(H,12,13). The third-order valence-corrected chi connectivity index (χ3v) is 4.34. The highest BCUT2D eigenvalue weighted by atomic mass is 32.2. The van der Waals surface area contributed by atoms with E-state index in [1.165, 1.54) is 4.31 Å². The summed E-state index contributed by atoms with van der Waals surface area (Å²) in [7, 11) is -3.44. The first-order valence-corrected chi connectivity index (χ1v) is 7.25. The third-order valence-electron chi connectivity index (χ3n) is 2.32. The summed E-state index contributed by atoms with van der Waals surface area (Å²) in [6.07, 6.45) is -0.193. The molecular formula is C10H21NO5S. The number of hydrogen-bond donors (Lipinski definition) is 1. The minimum atomic E-state index is -3.44. The van der Waals surface area contributed by atoms with Crippen LogP contribution in [-0.4, -0.2) is 55.4 Å². The normalized spacial score (nSPS) is 13.9. The molecule has 1 unspecified atom stereocenters. The highest BCUT2D eigenvalue weighted by molar-refractivity contribution is 7.89. The largest absolute Gasteiger partial charge is 0.481 e. The summed E-state index contributed by atoms with van der Waals surface area (Å²) in [6.45, 7) is 5.94. The summed E-state index contributed by atoms with van der Waals surface area (Å²) in [4.78, 5) is 10.6. The zero-order chi connectivity index (χ0) is 13.5. The smallest absolute Gasteiger partial charge is 0.304 e. The van der Waals surface area contributed by atoms with Gasteiger partial charge < -0.3 is 9.84 Å². The molecule has 0 fully saturated rings. The molecule has 0 aliphatic rings. The molecule has 0 aromatic carbocycles. The van der Waals surface area contributed by atoms with Gasteiger partial charge in [-0.25, -0.2) is 8.42 Å². The highest BCUT2D eigenvalue weighted by Gasteiger charge is 2.26. The monoisotopic (exact) mass is 267 g/mol. The van der Waals surface area contributed by atoms with Gasteiger partial charge in [0, 0.05) is 19.2 Å². The predicted molar refractivity (Wildman–Crippen MR) is 64.4 cm³/mol. The van der Waals surface area contributed by atoms with Crippen LogP contribution in [0.5, 0.6) is 0 Å². The second-order valence-electron chi connectivity index (χ2n) is 3.66. The summed E-state index contributed by atoms with van der Waals surface area (Å²) in [5.41, 5.74) is 0. The topological polar surface area (TPSA) is 83.9 Å². The molecule has 0 saturated heterocycles. The van der Waals surface area contributed by atoms with Crippen LogP contribution < -0.4 is 0 Å². The molecule has 0 saturated carbocycles. The second kappa shape index (κ2) is 7.62. The minimum absolute atomic E-state index is 0.112. The maximum atomic E-state index is 11.9. The summed E-state index contributed by atoms with van der Waals surface area (Å²) in [5.74, 6) is -1.12. The van der Waals surface area contributed by atoms with E-state index in [2.05, 4.69) is 0 Å².